The number of aromatic hydroxyl groups is 2. The maximum absolute atomic E-state index is 17.2. The van der Waals surface area contributed by atoms with Gasteiger partial charge in [-0.2, -0.15) is 0 Å². The molecule has 6 heterocycles. The fourth-order valence-electron chi connectivity index (χ4n) is 16.2. The molecule has 4 spiro atoms. The monoisotopic (exact) mass is 1100 g/mol. The zero-order chi connectivity index (χ0) is 54.5. The van der Waals surface area contributed by atoms with Crippen molar-refractivity contribution >= 4 is 52.8 Å². The van der Waals surface area contributed by atoms with Crippen LogP contribution < -0.4 is 18.9 Å². The van der Waals surface area contributed by atoms with E-state index < -0.39 is 111 Å². The first kappa shape index (κ1) is 49.9. The minimum Gasteiger partial charge on any atom is -0.507 e. The molecule has 4 bridgehead atoms. The van der Waals surface area contributed by atoms with Crippen LogP contribution in [0.2, 0.25) is 0 Å². The van der Waals surface area contributed by atoms with Crippen LogP contribution in [-0.2, 0) is 80.5 Å². The van der Waals surface area contributed by atoms with Gasteiger partial charge in [-0.3, -0.25) is 9.59 Å². The van der Waals surface area contributed by atoms with Gasteiger partial charge in [0, 0.05) is 21.9 Å². The summed E-state index contributed by atoms with van der Waals surface area (Å²) < 4.78 is 130. The van der Waals surface area contributed by atoms with Crippen molar-refractivity contribution in [1.29, 1.82) is 0 Å². The third-order valence-electron chi connectivity index (χ3n) is 18.8. The smallest absolute Gasteiger partial charge is 0.206 e. The van der Waals surface area contributed by atoms with Crippen LogP contribution >= 0.6 is 0 Å². The van der Waals surface area contributed by atoms with Crippen LogP contribution in [0, 0.1) is 23.7 Å². The topological polar surface area (TPSA) is 235 Å². The second kappa shape index (κ2) is 16.2. The van der Waals surface area contributed by atoms with Gasteiger partial charge < -0.3 is 57.6 Å². The minimum absolute atomic E-state index is 0.0176. The number of hydrogen-bond donors (Lipinski definition) is 2. The van der Waals surface area contributed by atoms with Crippen LogP contribution in [-0.4, -0.2) is 115 Å². The molecule has 18 nitrogen and oxygen atoms in total. The van der Waals surface area contributed by atoms with Crippen LogP contribution in [0.1, 0.15) is 48.9 Å². The van der Waals surface area contributed by atoms with Gasteiger partial charge >= 0.3 is 0 Å². The number of rotatable bonds is 11. The van der Waals surface area contributed by atoms with Crippen molar-refractivity contribution in [2.45, 2.75) is 81.0 Å². The molecule has 0 amide bonds. The van der Waals surface area contributed by atoms with E-state index in [1.54, 1.807) is 86.6 Å². The molecule has 6 aliphatic heterocycles. The average Bonchev–Trinajstić information content (AvgIpc) is 2.33. The first-order chi connectivity index (χ1) is 37.5. The molecule has 0 radical (unpaired) electrons. The molecule has 0 saturated carbocycles. The summed E-state index contributed by atoms with van der Waals surface area (Å²) in [4.78, 5) is 34.1. The lowest BCUT2D eigenvalue weighted by atomic mass is 9.54. The van der Waals surface area contributed by atoms with Gasteiger partial charge in [0.15, 0.2) is 42.4 Å². The Kier molecular flexibility index (Phi) is 10.3. The fourth-order valence-corrected chi connectivity index (χ4v) is 21.1. The number of Topliss-reactive ketones (excluding diaryl/α,β-unsaturated/α-hetero) is 2. The van der Waals surface area contributed by atoms with E-state index >= 15 is 26.4 Å². The number of hydrogen-bond acceptors (Lipinski definition) is 18. The highest BCUT2D eigenvalue weighted by molar-refractivity contribution is 7.92. The number of fused-ring (bicyclic) bond motifs is 10. The average molecular weight is 1100 g/mol. The van der Waals surface area contributed by atoms with Crippen molar-refractivity contribution in [1.82, 2.24) is 0 Å². The Balaban J connectivity index is 1.10. The summed E-state index contributed by atoms with van der Waals surface area (Å²) in [6.07, 6.45) is -0.461. The Morgan fingerprint density at radius 2 is 0.846 bits per heavy atom. The largest absolute Gasteiger partial charge is 0.507 e. The number of sulfone groups is 2. The van der Waals surface area contributed by atoms with E-state index in [0.717, 1.165) is 0 Å². The van der Waals surface area contributed by atoms with E-state index in [-0.39, 0.29) is 116 Å². The highest BCUT2D eigenvalue weighted by Gasteiger charge is 2.94. The molecule has 0 aromatic heterocycles. The number of methoxy groups -OCH3 is 4. The molecule has 6 fully saturated rings. The number of benzene rings is 6. The number of carbonyl (C=O) groups excluding carboxylic acids is 2. The van der Waals surface area contributed by atoms with Crippen LogP contribution in [0.5, 0.6) is 34.5 Å². The number of phenolic OH excluding ortho intramolecular Hbond substituents is 2. The predicted octanol–water partition coefficient (Wildman–Crippen LogP) is 6.63. The van der Waals surface area contributed by atoms with Crippen LogP contribution in [0.3, 0.4) is 0 Å². The van der Waals surface area contributed by atoms with E-state index in [1.165, 1.54) is 52.7 Å². The van der Waals surface area contributed by atoms with Crippen molar-refractivity contribution < 1.29 is 84.0 Å². The zero-order valence-corrected chi connectivity index (χ0v) is 44.8. The normalized spacial score (nSPS) is 32.3. The number of ether oxygens (including phenoxy) is 10. The van der Waals surface area contributed by atoms with Crippen LogP contribution in [0.15, 0.2) is 107 Å². The van der Waals surface area contributed by atoms with Crippen LogP contribution in [0.4, 0.5) is 0 Å². The fraction of sp³-hybridized carbons (Fsp3) is 0.414. The van der Waals surface area contributed by atoms with Crippen molar-refractivity contribution in [3.8, 4) is 34.5 Å². The minimum atomic E-state index is -4.76. The summed E-state index contributed by atoms with van der Waals surface area (Å²) >= 11 is 0. The van der Waals surface area contributed by atoms with Gasteiger partial charge in [-0.15, -0.1) is 0 Å². The Morgan fingerprint density at radius 3 is 1.17 bits per heavy atom. The molecule has 20 heteroatoms. The first-order valence-electron chi connectivity index (χ1n) is 25.9. The molecule has 406 valence electrons. The number of ketones is 2. The molecule has 10 atom stereocenters. The van der Waals surface area contributed by atoms with Gasteiger partial charge in [0.1, 0.15) is 45.0 Å². The maximum atomic E-state index is 17.2. The summed E-state index contributed by atoms with van der Waals surface area (Å²) in [5.41, 5.74) is -9.22. The SMILES string of the molecule is CC[C@@]12O[C@]3(C(=O)[C@H]1[C@@H]1C(=O)[C@]45O[C@]1(CC)[C@H](S(=O)(=O)c1ccccc1)[C@H]4C1(OCCO1)c1c5cc4c(OC)ccc(OC)c4c1O)c1cc4c(OC)ccc(OC)c4c(O)c1C1(OCCO1)[C@@H]3[C@H]2S(=O)(=O)c1ccccc1. The highest BCUT2D eigenvalue weighted by atomic mass is 32.2. The molecule has 14 rings (SSSR count). The Bertz CT molecular complexity index is 3610. The van der Waals surface area contributed by atoms with Gasteiger partial charge in [0.25, 0.3) is 0 Å². The zero-order valence-electron chi connectivity index (χ0n) is 43.2. The molecule has 6 aromatic carbocycles. The van der Waals surface area contributed by atoms with Gasteiger partial charge in [-0.05, 0) is 73.5 Å². The molecule has 6 aromatic rings. The quantitative estimate of drug-likeness (QED) is 0.139. The van der Waals surface area contributed by atoms with Crippen molar-refractivity contribution in [3.05, 3.63) is 119 Å². The Hall–Kier alpha value is -6.36. The molecule has 78 heavy (non-hydrogen) atoms. The number of carbonyl (C=O) groups is 2. The van der Waals surface area contributed by atoms with Gasteiger partial charge in [-0.25, -0.2) is 16.8 Å². The third-order valence-corrected chi connectivity index (χ3v) is 23.3. The molecule has 2 N–H and O–H groups in total. The van der Waals surface area contributed by atoms with Crippen LogP contribution in [0.25, 0.3) is 21.5 Å². The number of phenols is 2. The highest BCUT2D eigenvalue weighted by Crippen LogP contribution is 2.80. The first-order valence-corrected chi connectivity index (χ1v) is 29.0. The lowest BCUT2D eigenvalue weighted by Crippen LogP contribution is -2.68. The van der Waals surface area contributed by atoms with Gasteiger partial charge in [-0.1, -0.05) is 50.2 Å². The second-order valence-corrected chi connectivity index (χ2v) is 25.4. The second-order valence-electron chi connectivity index (χ2n) is 21.3. The summed E-state index contributed by atoms with van der Waals surface area (Å²) in [5.74, 6) is -12.5. The summed E-state index contributed by atoms with van der Waals surface area (Å²) in [6.45, 7) is 3.04. The van der Waals surface area contributed by atoms with Crippen molar-refractivity contribution in [2.75, 3.05) is 54.9 Å². The van der Waals surface area contributed by atoms with Gasteiger partial charge in [0.2, 0.25) is 11.6 Å². The lowest BCUT2D eigenvalue weighted by Gasteiger charge is -2.50. The summed E-state index contributed by atoms with van der Waals surface area (Å²) in [5, 5.41) is 23.0. The summed E-state index contributed by atoms with van der Waals surface area (Å²) in [7, 11) is -3.81. The molecule has 0 unspecified atom stereocenters. The van der Waals surface area contributed by atoms with E-state index in [4.69, 9.17) is 47.4 Å². The van der Waals surface area contributed by atoms with Crippen molar-refractivity contribution in [3.63, 3.8) is 0 Å². The Morgan fingerprint density at radius 1 is 0.513 bits per heavy atom. The molecular weight excluding hydrogens is 1050 g/mol. The standard InChI is InChI=1S/C58H54O18S2/c1-7-53-43(49(61)55(75-53)33-27-31-35(67-3)19-21-37(69-5)39(31)45(59)41(33)57(71-23-24-72-57)47(55)51(53)77(63,64)29-15-11-9-12-16-29)44-50(62)56-34-28-32-36(68-4)20-22-38(70-6)40(32)46(60)42(34)58(73-25-26-74-58)48(56)52(54(44,8-2)76-56)78(65,66)30-17-13-10-14-18-30/h9-22,27-28,43-44,47-48,51-52,59-60H,7-8,23-26H2,1-6H3/t43-,44-,47-,48-,51-,52-,53-,54+,55-,56-/m1/s1. The van der Waals surface area contributed by atoms with E-state index in [0.29, 0.717) is 0 Å². The summed E-state index contributed by atoms with van der Waals surface area (Å²) in [6, 6.07) is 25.0. The van der Waals surface area contributed by atoms with Crippen molar-refractivity contribution in [2.24, 2.45) is 23.7 Å². The molecule has 2 aliphatic carbocycles. The maximum Gasteiger partial charge on any atom is 0.206 e. The Labute approximate surface area is 448 Å². The van der Waals surface area contributed by atoms with Gasteiger partial charge in [0.05, 0.1) is 121 Å². The molecule has 6 saturated heterocycles. The predicted molar refractivity (Wildman–Crippen MR) is 275 cm³/mol. The van der Waals surface area contributed by atoms with E-state index in [2.05, 4.69) is 0 Å². The molecule has 8 aliphatic rings. The third kappa shape index (κ3) is 5.35. The van der Waals surface area contributed by atoms with E-state index in [9.17, 15) is 10.2 Å². The lowest BCUT2D eigenvalue weighted by molar-refractivity contribution is -0.218. The van der Waals surface area contributed by atoms with E-state index in [1.807, 2.05) is 0 Å². The molecular formula is C58H54O18S2.